The molecule has 0 atom stereocenters. The maximum absolute atomic E-state index is 12.2. The molecule has 7 nitrogen and oxygen atoms in total. The predicted octanol–water partition coefficient (Wildman–Crippen LogP) is 2.06. The number of nitrogens with one attached hydrogen (secondary N) is 1. The molecule has 1 amide bonds. The van der Waals surface area contributed by atoms with E-state index in [1.807, 2.05) is 13.0 Å². The summed E-state index contributed by atoms with van der Waals surface area (Å²) >= 11 is 0. The van der Waals surface area contributed by atoms with Gasteiger partial charge in [-0.3, -0.25) is 14.6 Å². The highest BCUT2D eigenvalue weighted by Gasteiger charge is 2.18. The molecule has 0 radical (unpaired) electrons. The Morgan fingerprint density at radius 2 is 1.86 bits per heavy atom. The Morgan fingerprint density at radius 1 is 1.14 bits per heavy atom. The Hall–Kier alpha value is -2.90. The Labute approximate surface area is 171 Å². The summed E-state index contributed by atoms with van der Waals surface area (Å²) in [5.74, 6) is 0.345. The van der Waals surface area contributed by atoms with Crippen molar-refractivity contribution in [3.8, 4) is 11.5 Å². The third kappa shape index (κ3) is 6.58. The van der Waals surface area contributed by atoms with Crippen molar-refractivity contribution >= 4 is 12.1 Å². The van der Waals surface area contributed by atoms with Gasteiger partial charge >= 0.3 is 0 Å². The Bertz CT molecular complexity index is 818. The number of hydrogen-bond donors (Lipinski definition) is 2. The van der Waals surface area contributed by atoms with Crippen LogP contribution in [0.4, 0.5) is 0 Å². The molecule has 1 heterocycles. The SMILES string of the molecule is CCOc1cc(/C=N\NC(=O)CN2CCN(Cc3ccccc3)CC2)ccc1O. The summed E-state index contributed by atoms with van der Waals surface area (Å²) in [6, 6.07) is 15.4. The Balaban J connectivity index is 1.40. The zero-order valence-corrected chi connectivity index (χ0v) is 16.8. The fraction of sp³-hybridized carbons (Fsp3) is 0.364. The van der Waals surface area contributed by atoms with Crippen LogP contribution in [0.3, 0.4) is 0 Å². The fourth-order valence-corrected chi connectivity index (χ4v) is 3.25. The molecule has 0 unspecified atom stereocenters. The van der Waals surface area contributed by atoms with Crippen molar-refractivity contribution in [2.75, 3.05) is 39.3 Å². The van der Waals surface area contributed by atoms with Gasteiger partial charge in [0.25, 0.3) is 5.91 Å². The first kappa shape index (κ1) is 20.8. The average Bonchev–Trinajstić information content (AvgIpc) is 2.73. The number of hydrazone groups is 1. The molecule has 154 valence electrons. The van der Waals surface area contributed by atoms with Crippen molar-refractivity contribution in [1.82, 2.24) is 15.2 Å². The van der Waals surface area contributed by atoms with E-state index in [0.29, 0.717) is 18.9 Å². The van der Waals surface area contributed by atoms with Crippen LogP contribution in [0, 0.1) is 0 Å². The minimum Gasteiger partial charge on any atom is -0.504 e. The lowest BCUT2D eigenvalue weighted by atomic mass is 10.2. The third-order valence-electron chi connectivity index (χ3n) is 4.77. The standard InChI is InChI=1S/C22H28N4O3/c1-2-29-21-14-19(8-9-20(21)27)15-23-24-22(28)17-26-12-10-25(11-13-26)16-18-6-4-3-5-7-18/h3-9,14-15,27H,2,10-13,16-17H2,1H3,(H,24,28)/b23-15-. The van der Waals surface area contributed by atoms with Crippen molar-refractivity contribution in [2.45, 2.75) is 13.5 Å². The summed E-state index contributed by atoms with van der Waals surface area (Å²) in [6.45, 7) is 7.20. The molecule has 0 aliphatic carbocycles. The van der Waals surface area contributed by atoms with Gasteiger partial charge in [0.1, 0.15) is 0 Å². The van der Waals surface area contributed by atoms with E-state index in [1.165, 1.54) is 11.8 Å². The first-order chi connectivity index (χ1) is 14.1. The molecule has 1 fully saturated rings. The number of nitrogens with zero attached hydrogens (tertiary/aromatic N) is 3. The lowest BCUT2D eigenvalue weighted by Gasteiger charge is -2.34. The molecule has 0 bridgehead atoms. The molecule has 29 heavy (non-hydrogen) atoms. The topological polar surface area (TPSA) is 77.4 Å². The molecule has 1 aliphatic heterocycles. The summed E-state index contributed by atoms with van der Waals surface area (Å²) in [5.41, 5.74) is 4.62. The number of amides is 1. The van der Waals surface area contributed by atoms with Gasteiger partial charge < -0.3 is 9.84 Å². The first-order valence-corrected chi connectivity index (χ1v) is 9.90. The van der Waals surface area contributed by atoms with E-state index < -0.39 is 0 Å². The van der Waals surface area contributed by atoms with Crippen LogP contribution in [0.5, 0.6) is 11.5 Å². The molecule has 0 aromatic heterocycles. The molecule has 0 spiro atoms. The largest absolute Gasteiger partial charge is 0.504 e. The van der Waals surface area contributed by atoms with Gasteiger partial charge in [0, 0.05) is 32.7 Å². The number of rotatable bonds is 8. The van der Waals surface area contributed by atoms with Gasteiger partial charge in [-0.2, -0.15) is 5.10 Å². The summed E-state index contributed by atoms with van der Waals surface area (Å²) in [5, 5.41) is 13.7. The van der Waals surface area contributed by atoms with Crippen LogP contribution in [0.1, 0.15) is 18.1 Å². The fourth-order valence-electron chi connectivity index (χ4n) is 3.25. The van der Waals surface area contributed by atoms with Crippen LogP contribution in [0.25, 0.3) is 0 Å². The maximum atomic E-state index is 12.2. The van der Waals surface area contributed by atoms with Crippen LogP contribution >= 0.6 is 0 Å². The quantitative estimate of drug-likeness (QED) is 0.528. The molecular formula is C22H28N4O3. The smallest absolute Gasteiger partial charge is 0.254 e. The third-order valence-corrected chi connectivity index (χ3v) is 4.77. The number of carbonyl (C=O) groups excluding carboxylic acids is 1. The molecular weight excluding hydrogens is 368 g/mol. The highest BCUT2D eigenvalue weighted by molar-refractivity contribution is 5.83. The highest BCUT2D eigenvalue weighted by Crippen LogP contribution is 2.26. The number of hydrogen-bond acceptors (Lipinski definition) is 6. The second-order valence-electron chi connectivity index (χ2n) is 6.99. The van der Waals surface area contributed by atoms with E-state index >= 15 is 0 Å². The molecule has 2 aromatic carbocycles. The van der Waals surface area contributed by atoms with E-state index in [9.17, 15) is 9.90 Å². The predicted molar refractivity (Wildman–Crippen MR) is 113 cm³/mol. The zero-order valence-electron chi connectivity index (χ0n) is 16.8. The summed E-state index contributed by atoms with van der Waals surface area (Å²) < 4.78 is 5.34. The molecule has 1 aliphatic rings. The summed E-state index contributed by atoms with van der Waals surface area (Å²) in [6.07, 6.45) is 1.54. The summed E-state index contributed by atoms with van der Waals surface area (Å²) in [4.78, 5) is 16.7. The Morgan fingerprint density at radius 3 is 2.59 bits per heavy atom. The zero-order chi connectivity index (χ0) is 20.5. The van der Waals surface area contributed by atoms with Gasteiger partial charge in [-0.25, -0.2) is 5.43 Å². The van der Waals surface area contributed by atoms with Gasteiger partial charge in [-0.1, -0.05) is 30.3 Å². The molecule has 0 saturated carbocycles. The number of benzene rings is 2. The van der Waals surface area contributed by atoms with E-state index in [2.05, 4.69) is 44.6 Å². The maximum Gasteiger partial charge on any atom is 0.254 e. The molecule has 7 heteroatoms. The minimum absolute atomic E-state index is 0.0828. The van der Waals surface area contributed by atoms with Crippen LogP contribution in [0.2, 0.25) is 0 Å². The van der Waals surface area contributed by atoms with E-state index in [-0.39, 0.29) is 11.7 Å². The number of carbonyl (C=O) groups is 1. The van der Waals surface area contributed by atoms with Crippen LogP contribution in [0.15, 0.2) is 53.6 Å². The van der Waals surface area contributed by atoms with Gasteiger partial charge in [0.15, 0.2) is 11.5 Å². The molecule has 2 aromatic rings. The van der Waals surface area contributed by atoms with Gasteiger partial charge in [0.2, 0.25) is 0 Å². The number of phenolic OH excluding ortho intramolecular Hbond substituents is 1. The monoisotopic (exact) mass is 396 g/mol. The van der Waals surface area contributed by atoms with Crippen LogP contribution in [-0.4, -0.2) is 66.4 Å². The van der Waals surface area contributed by atoms with E-state index in [1.54, 1.807) is 18.2 Å². The minimum atomic E-state index is -0.137. The van der Waals surface area contributed by atoms with Crippen molar-refractivity contribution in [2.24, 2.45) is 5.10 Å². The highest BCUT2D eigenvalue weighted by atomic mass is 16.5. The van der Waals surface area contributed by atoms with Crippen molar-refractivity contribution in [3.05, 3.63) is 59.7 Å². The van der Waals surface area contributed by atoms with Crippen LogP contribution < -0.4 is 10.2 Å². The van der Waals surface area contributed by atoms with Gasteiger partial charge in [-0.15, -0.1) is 0 Å². The van der Waals surface area contributed by atoms with Crippen molar-refractivity contribution < 1.29 is 14.6 Å². The Kier molecular flexibility index (Phi) is 7.61. The summed E-state index contributed by atoms with van der Waals surface area (Å²) in [7, 11) is 0. The number of ether oxygens (including phenoxy) is 1. The second kappa shape index (κ2) is 10.6. The molecule has 3 rings (SSSR count). The van der Waals surface area contributed by atoms with Crippen molar-refractivity contribution in [1.29, 1.82) is 0 Å². The average molecular weight is 396 g/mol. The van der Waals surface area contributed by atoms with Crippen LogP contribution in [-0.2, 0) is 11.3 Å². The van der Waals surface area contributed by atoms with Gasteiger partial charge in [-0.05, 0) is 36.2 Å². The first-order valence-electron chi connectivity index (χ1n) is 9.90. The number of phenols is 1. The number of aromatic hydroxyl groups is 1. The lowest BCUT2D eigenvalue weighted by Crippen LogP contribution is -2.48. The molecule has 2 N–H and O–H groups in total. The second-order valence-corrected chi connectivity index (χ2v) is 6.99. The van der Waals surface area contributed by atoms with E-state index in [4.69, 9.17) is 4.74 Å². The van der Waals surface area contributed by atoms with Gasteiger partial charge in [0.05, 0.1) is 19.4 Å². The number of piperazine rings is 1. The normalized spacial score (nSPS) is 15.5. The molecule has 1 saturated heterocycles. The van der Waals surface area contributed by atoms with E-state index in [0.717, 1.165) is 38.3 Å². The van der Waals surface area contributed by atoms with Crippen molar-refractivity contribution in [3.63, 3.8) is 0 Å². The lowest BCUT2D eigenvalue weighted by molar-refractivity contribution is -0.122.